The molecule has 0 fully saturated rings. The summed E-state index contributed by atoms with van der Waals surface area (Å²) in [6.45, 7) is 3.73. The van der Waals surface area contributed by atoms with Gasteiger partial charge in [0, 0.05) is 19.5 Å². The number of aryl methyl sites for hydroxylation is 1. The highest BCUT2D eigenvalue weighted by molar-refractivity contribution is 7.92. The summed E-state index contributed by atoms with van der Waals surface area (Å²) in [5.41, 5.74) is 2.97. The van der Waals surface area contributed by atoms with E-state index in [9.17, 15) is 18.0 Å². The zero-order valence-corrected chi connectivity index (χ0v) is 25.5. The number of hydrogen-bond acceptors (Lipinski definition) is 5. The van der Waals surface area contributed by atoms with Gasteiger partial charge < -0.3 is 15.0 Å². The Kier molecular flexibility index (Phi) is 10.6. The minimum Gasteiger partial charge on any atom is -0.495 e. The predicted molar refractivity (Wildman–Crippen MR) is 168 cm³/mol. The first-order chi connectivity index (χ1) is 20.7. The minimum atomic E-state index is -4.20. The normalized spacial score (nSPS) is 11.8. The van der Waals surface area contributed by atoms with E-state index in [0.717, 1.165) is 21.0 Å². The first-order valence-electron chi connectivity index (χ1n) is 14.1. The summed E-state index contributed by atoms with van der Waals surface area (Å²) < 4.78 is 34.7. The molecule has 43 heavy (non-hydrogen) atoms. The van der Waals surface area contributed by atoms with Crippen LogP contribution in [0.1, 0.15) is 23.6 Å². The van der Waals surface area contributed by atoms with Crippen LogP contribution in [-0.2, 0) is 32.6 Å². The summed E-state index contributed by atoms with van der Waals surface area (Å²) in [6, 6.07) is 30.9. The first kappa shape index (κ1) is 31.3. The van der Waals surface area contributed by atoms with Gasteiger partial charge in [-0.1, -0.05) is 90.5 Å². The Morgan fingerprint density at radius 1 is 0.814 bits per heavy atom. The summed E-state index contributed by atoms with van der Waals surface area (Å²) in [6.07, 6.45) is 0.254. The average molecular weight is 600 g/mol. The Balaban J connectivity index is 1.81. The van der Waals surface area contributed by atoms with Crippen LogP contribution < -0.4 is 14.4 Å². The molecule has 0 aromatic heterocycles. The third-order valence-corrected chi connectivity index (χ3v) is 8.83. The van der Waals surface area contributed by atoms with Crippen molar-refractivity contribution in [3.8, 4) is 5.75 Å². The van der Waals surface area contributed by atoms with Crippen molar-refractivity contribution in [2.24, 2.45) is 0 Å². The van der Waals surface area contributed by atoms with E-state index in [1.807, 2.05) is 68.4 Å². The van der Waals surface area contributed by atoms with E-state index in [-0.39, 0.29) is 29.5 Å². The number of sulfonamides is 1. The number of carbonyl (C=O) groups is 2. The van der Waals surface area contributed by atoms with Crippen LogP contribution >= 0.6 is 0 Å². The highest BCUT2D eigenvalue weighted by Gasteiger charge is 2.35. The van der Waals surface area contributed by atoms with Gasteiger partial charge in [0.2, 0.25) is 11.8 Å². The monoisotopic (exact) mass is 599 g/mol. The number of nitrogens with zero attached hydrogens (tertiary/aromatic N) is 2. The molecule has 0 unspecified atom stereocenters. The second-order valence-corrected chi connectivity index (χ2v) is 12.0. The fourth-order valence-electron chi connectivity index (χ4n) is 4.81. The van der Waals surface area contributed by atoms with Gasteiger partial charge in [0.25, 0.3) is 10.0 Å². The van der Waals surface area contributed by atoms with E-state index in [4.69, 9.17) is 4.74 Å². The molecule has 0 heterocycles. The highest BCUT2D eigenvalue weighted by Crippen LogP contribution is 2.32. The van der Waals surface area contributed by atoms with Crippen molar-refractivity contribution < 1.29 is 22.7 Å². The van der Waals surface area contributed by atoms with Crippen molar-refractivity contribution in [3.63, 3.8) is 0 Å². The molecule has 0 saturated carbocycles. The number of rotatable bonds is 13. The van der Waals surface area contributed by atoms with Crippen LogP contribution in [0.15, 0.2) is 114 Å². The van der Waals surface area contributed by atoms with E-state index >= 15 is 0 Å². The van der Waals surface area contributed by atoms with Crippen molar-refractivity contribution in [1.29, 1.82) is 0 Å². The number of ether oxygens (including phenoxy) is 1. The Hall–Kier alpha value is -4.63. The molecule has 0 radical (unpaired) electrons. The van der Waals surface area contributed by atoms with Gasteiger partial charge >= 0.3 is 0 Å². The predicted octanol–water partition coefficient (Wildman–Crippen LogP) is 4.98. The van der Waals surface area contributed by atoms with Gasteiger partial charge in [0.1, 0.15) is 18.3 Å². The topological polar surface area (TPSA) is 96.0 Å². The van der Waals surface area contributed by atoms with Crippen LogP contribution in [0, 0.1) is 6.92 Å². The van der Waals surface area contributed by atoms with Gasteiger partial charge in [-0.05, 0) is 49.2 Å². The third kappa shape index (κ3) is 7.81. The number of methoxy groups -OCH3 is 1. The van der Waals surface area contributed by atoms with Crippen molar-refractivity contribution in [3.05, 3.63) is 126 Å². The number of anilines is 1. The molecule has 4 rings (SSSR count). The zero-order chi connectivity index (χ0) is 30.8. The number of amides is 2. The number of benzene rings is 4. The summed E-state index contributed by atoms with van der Waals surface area (Å²) in [4.78, 5) is 29.5. The largest absolute Gasteiger partial charge is 0.495 e. The molecule has 0 bridgehead atoms. The van der Waals surface area contributed by atoms with Crippen LogP contribution in [0.3, 0.4) is 0 Å². The number of para-hydroxylation sites is 2. The smallest absolute Gasteiger partial charge is 0.264 e. The zero-order valence-electron chi connectivity index (χ0n) is 24.6. The molecule has 0 saturated heterocycles. The first-order valence-corrected chi connectivity index (χ1v) is 15.6. The lowest BCUT2D eigenvalue weighted by molar-refractivity contribution is -0.140. The molecule has 0 aliphatic rings. The molecule has 0 aliphatic carbocycles. The summed E-state index contributed by atoms with van der Waals surface area (Å²) in [5, 5.41) is 2.87. The van der Waals surface area contributed by atoms with Gasteiger partial charge in [-0.2, -0.15) is 0 Å². The lowest BCUT2D eigenvalue weighted by Gasteiger charge is -2.34. The Morgan fingerprint density at radius 3 is 2.05 bits per heavy atom. The second-order valence-electron chi connectivity index (χ2n) is 10.1. The summed E-state index contributed by atoms with van der Waals surface area (Å²) in [5.74, 6) is -0.552. The minimum absolute atomic E-state index is 0.0309. The van der Waals surface area contributed by atoms with Gasteiger partial charge in [0.15, 0.2) is 0 Å². The standard InChI is InChI=1S/C34H37N3O5S/c1-4-35-34(39)31(23-27-13-7-5-8-14-27)36(24-28-21-19-26(2)20-22-28)33(38)25-37(30-17-11-12-18-32(30)42-3)43(40,41)29-15-9-6-10-16-29/h5-22,31H,4,23-25H2,1-3H3,(H,35,39)/t31-/m1/s1. The molecule has 4 aromatic carbocycles. The van der Waals surface area contributed by atoms with Crippen molar-refractivity contribution in [2.75, 3.05) is 24.5 Å². The molecular weight excluding hydrogens is 562 g/mol. The number of carbonyl (C=O) groups excluding carboxylic acids is 2. The second kappa shape index (κ2) is 14.5. The fraction of sp³-hybridized carbons (Fsp3) is 0.235. The quantitative estimate of drug-likeness (QED) is 0.234. The van der Waals surface area contributed by atoms with Gasteiger partial charge in [0.05, 0.1) is 17.7 Å². The summed E-state index contributed by atoms with van der Waals surface area (Å²) >= 11 is 0. The maximum absolute atomic E-state index is 14.4. The van der Waals surface area contributed by atoms with Crippen LogP contribution in [-0.4, -0.2) is 51.4 Å². The molecule has 1 atom stereocenters. The lowest BCUT2D eigenvalue weighted by Crippen LogP contribution is -2.53. The SMILES string of the molecule is CCNC(=O)[C@@H](Cc1ccccc1)N(Cc1ccc(C)cc1)C(=O)CN(c1ccccc1OC)S(=O)(=O)c1ccccc1. The lowest BCUT2D eigenvalue weighted by atomic mass is 10.0. The van der Waals surface area contributed by atoms with Crippen LogP contribution in [0.2, 0.25) is 0 Å². The van der Waals surface area contributed by atoms with E-state index < -0.39 is 28.5 Å². The average Bonchev–Trinajstić information content (AvgIpc) is 3.03. The van der Waals surface area contributed by atoms with Crippen LogP contribution in [0.4, 0.5) is 5.69 Å². The Morgan fingerprint density at radius 2 is 1.42 bits per heavy atom. The molecule has 2 amide bonds. The third-order valence-electron chi connectivity index (χ3n) is 7.06. The Labute approximate surface area is 254 Å². The van der Waals surface area contributed by atoms with E-state index in [2.05, 4.69) is 5.32 Å². The maximum atomic E-state index is 14.4. The number of likely N-dealkylation sites (N-methyl/N-ethyl adjacent to an activating group) is 1. The molecule has 4 aromatic rings. The van der Waals surface area contributed by atoms with E-state index in [1.54, 1.807) is 42.5 Å². The van der Waals surface area contributed by atoms with Crippen molar-refractivity contribution in [2.45, 2.75) is 37.8 Å². The highest BCUT2D eigenvalue weighted by atomic mass is 32.2. The number of nitrogens with one attached hydrogen (secondary N) is 1. The van der Waals surface area contributed by atoms with Crippen molar-refractivity contribution in [1.82, 2.24) is 10.2 Å². The molecule has 8 nitrogen and oxygen atoms in total. The fourth-order valence-corrected chi connectivity index (χ4v) is 6.25. The molecule has 0 aliphatic heterocycles. The summed E-state index contributed by atoms with van der Waals surface area (Å²) in [7, 11) is -2.76. The van der Waals surface area contributed by atoms with Gasteiger partial charge in [-0.25, -0.2) is 8.42 Å². The molecular formula is C34H37N3O5S. The van der Waals surface area contributed by atoms with Gasteiger partial charge in [-0.3, -0.25) is 13.9 Å². The van der Waals surface area contributed by atoms with Crippen LogP contribution in [0.5, 0.6) is 5.75 Å². The molecule has 0 spiro atoms. The number of hydrogen-bond donors (Lipinski definition) is 1. The molecule has 1 N–H and O–H groups in total. The Bertz CT molecular complexity index is 1610. The van der Waals surface area contributed by atoms with E-state index in [0.29, 0.717) is 12.3 Å². The van der Waals surface area contributed by atoms with Crippen LogP contribution in [0.25, 0.3) is 0 Å². The van der Waals surface area contributed by atoms with Crippen molar-refractivity contribution >= 4 is 27.5 Å². The van der Waals surface area contributed by atoms with Gasteiger partial charge in [-0.15, -0.1) is 0 Å². The molecule has 9 heteroatoms. The molecule has 224 valence electrons. The van der Waals surface area contributed by atoms with E-state index in [1.165, 1.54) is 24.1 Å². The maximum Gasteiger partial charge on any atom is 0.264 e.